The summed E-state index contributed by atoms with van der Waals surface area (Å²) in [4.78, 5) is 12.4. The normalized spacial score (nSPS) is 12.6. The molecule has 0 heterocycles. The van der Waals surface area contributed by atoms with E-state index >= 15 is 0 Å². The minimum Gasteiger partial charge on any atom is -0.491 e. The predicted molar refractivity (Wildman–Crippen MR) is 102 cm³/mol. The lowest BCUT2D eigenvalue weighted by atomic mass is 9.94. The Morgan fingerprint density at radius 2 is 1.84 bits per heavy atom. The summed E-state index contributed by atoms with van der Waals surface area (Å²) in [6.45, 7) is 2.80. The number of nitrogens with two attached hydrogens (primary N) is 1. The van der Waals surface area contributed by atoms with Crippen LogP contribution in [0.2, 0.25) is 0 Å². The van der Waals surface area contributed by atoms with Crippen LogP contribution < -0.4 is 15.8 Å². The number of carbonyl (C=O) groups excluding carboxylic acids is 1. The van der Waals surface area contributed by atoms with Gasteiger partial charge in [0, 0.05) is 24.9 Å². The topological polar surface area (TPSA) is 73.6 Å². The second kappa shape index (κ2) is 10.7. The van der Waals surface area contributed by atoms with E-state index in [1.54, 1.807) is 13.2 Å². The smallest absolute Gasteiger partial charge is 0.229 e. The summed E-state index contributed by atoms with van der Waals surface area (Å²) in [5, 5.41) is 2.89. The van der Waals surface area contributed by atoms with Gasteiger partial charge in [-0.15, -0.1) is 12.4 Å². The number of ether oxygens (including phenoxy) is 2. The molecule has 0 saturated carbocycles. The molecule has 2 atom stereocenters. The Morgan fingerprint density at radius 1 is 1.12 bits per heavy atom. The van der Waals surface area contributed by atoms with Crippen molar-refractivity contribution >= 4 is 24.0 Å². The molecule has 2 unspecified atom stereocenters. The maximum absolute atomic E-state index is 12.4. The molecule has 25 heavy (non-hydrogen) atoms. The van der Waals surface area contributed by atoms with Crippen molar-refractivity contribution in [2.45, 2.75) is 13.0 Å². The summed E-state index contributed by atoms with van der Waals surface area (Å²) in [6.07, 6.45) is 0. The molecule has 0 aliphatic rings. The van der Waals surface area contributed by atoms with Crippen molar-refractivity contribution in [3.8, 4) is 5.75 Å². The van der Waals surface area contributed by atoms with E-state index in [4.69, 9.17) is 15.2 Å². The number of amides is 1. The van der Waals surface area contributed by atoms with E-state index in [9.17, 15) is 4.79 Å². The Labute approximate surface area is 154 Å². The number of nitrogens with one attached hydrogen (secondary N) is 1. The van der Waals surface area contributed by atoms with Crippen LogP contribution in [0.25, 0.3) is 0 Å². The van der Waals surface area contributed by atoms with Gasteiger partial charge in [0.05, 0.1) is 12.5 Å². The lowest BCUT2D eigenvalue weighted by molar-refractivity contribution is -0.120. The molecular formula is C19H25ClN2O3. The number of benzene rings is 2. The monoisotopic (exact) mass is 364 g/mol. The first-order valence-electron chi connectivity index (χ1n) is 7.95. The number of carbonyl (C=O) groups is 1. The van der Waals surface area contributed by atoms with Gasteiger partial charge >= 0.3 is 0 Å². The van der Waals surface area contributed by atoms with E-state index in [0.29, 0.717) is 24.7 Å². The van der Waals surface area contributed by atoms with Crippen LogP contribution in [0.4, 0.5) is 5.69 Å². The highest BCUT2D eigenvalue weighted by Crippen LogP contribution is 2.22. The first-order chi connectivity index (χ1) is 11.6. The molecule has 0 bridgehead atoms. The molecule has 0 spiro atoms. The maximum atomic E-state index is 12.4. The Hall–Kier alpha value is -2.08. The van der Waals surface area contributed by atoms with Crippen LogP contribution in [0.5, 0.6) is 5.75 Å². The zero-order valence-corrected chi connectivity index (χ0v) is 15.3. The Kier molecular flexibility index (Phi) is 8.99. The molecule has 0 aliphatic carbocycles. The largest absolute Gasteiger partial charge is 0.491 e. The summed E-state index contributed by atoms with van der Waals surface area (Å²) in [7, 11) is 1.62. The number of halogens is 1. The average molecular weight is 365 g/mol. The van der Waals surface area contributed by atoms with Gasteiger partial charge in [-0.1, -0.05) is 43.3 Å². The van der Waals surface area contributed by atoms with E-state index in [0.717, 1.165) is 5.56 Å². The molecule has 136 valence electrons. The molecule has 0 radical (unpaired) electrons. The number of anilines is 1. The fourth-order valence-electron chi connectivity index (χ4n) is 2.29. The second-order valence-electron chi connectivity index (χ2n) is 5.58. The summed E-state index contributed by atoms with van der Waals surface area (Å²) in [5.41, 5.74) is 7.83. The summed E-state index contributed by atoms with van der Waals surface area (Å²) >= 11 is 0. The molecule has 6 heteroatoms. The van der Waals surface area contributed by atoms with Gasteiger partial charge in [-0.05, 0) is 17.7 Å². The van der Waals surface area contributed by atoms with E-state index < -0.39 is 0 Å². The zero-order valence-electron chi connectivity index (χ0n) is 14.5. The molecular weight excluding hydrogens is 340 g/mol. The fraction of sp³-hybridized carbons (Fsp3) is 0.316. The predicted octanol–water partition coefficient (Wildman–Crippen LogP) is 3.41. The SMILES string of the molecule is COCCOc1cccc(NC(=O)C(C)C(N)c2ccccc2)c1.Cl. The lowest BCUT2D eigenvalue weighted by Gasteiger charge is -2.20. The Balaban J connectivity index is 0.00000312. The van der Waals surface area contributed by atoms with Gasteiger partial charge < -0.3 is 20.5 Å². The minimum absolute atomic E-state index is 0. The fourth-order valence-corrected chi connectivity index (χ4v) is 2.29. The van der Waals surface area contributed by atoms with E-state index in [-0.39, 0.29) is 30.3 Å². The molecule has 0 aliphatic heterocycles. The second-order valence-corrected chi connectivity index (χ2v) is 5.58. The molecule has 5 nitrogen and oxygen atoms in total. The van der Waals surface area contributed by atoms with Crippen LogP contribution in [0.3, 0.4) is 0 Å². The van der Waals surface area contributed by atoms with Crippen molar-refractivity contribution in [3.63, 3.8) is 0 Å². The van der Waals surface area contributed by atoms with Crippen LogP contribution >= 0.6 is 12.4 Å². The third-order valence-electron chi connectivity index (χ3n) is 3.79. The Bertz CT molecular complexity index is 652. The van der Waals surface area contributed by atoms with Crippen molar-refractivity contribution < 1.29 is 14.3 Å². The molecule has 0 aromatic heterocycles. The van der Waals surface area contributed by atoms with E-state index in [2.05, 4.69) is 5.32 Å². The van der Waals surface area contributed by atoms with Crippen LogP contribution in [0.15, 0.2) is 54.6 Å². The van der Waals surface area contributed by atoms with Crippen molar-refractivity contribution in [1.29, 1.82) is 0 Å². The van der Waals surface area contributed by atoms with Gasteiger partial charge in [-0.25, -0.2) is 0 Å². The molecule has 2 rings (SSSR count). The van der Waals surface area contributed by atoms with Gasteiger partial charge in [-0.2, -0.15) is 0 Å². The van der Waals surface area contributed by atoms with Gasteiger partial charge in [-0.3, -0.25) is 4.79 Å². The van der Waals surface area contributed by atoms with Gasteiger partial charge in [0.15, 0.2) is 0 Å². The van der Waals surface area contributed by atoms with Gasteiger partial charge in [0.25, 0.3) is 0 Å². The average Bonchev–Trinajstić information content (AvgIpc) is 2.62. The first kappa shape index (κ1) is 21.0. The van der Waals surface area contributed by atoms with Crippen molar-refractivity contribution in [3.05, 3.63) is 60.2 Å². The quantitative estimate of drug-likeness (QED) is 0.704. The zero-order chi connectivity index (χ0) is 17.4. The summed E-state index contributed by atoms with van der Waals surface area (Å²) in [5.74, 6) is 0.204. The molecule has 2 aromatic rings. The van der Waals surface area contributed by atoms with Crippen molar-refractivity contribution in [1.82, 2.24) is 0 Å². The third kappa shape index (κ3) is 6.38. The number of rotatable bonds is 8. The van der Waals surface area contributed by atoms with Crippen LogP contribution in [-0.4, -0.2) is 26.2 Å². The van der Waals surface area contributed by atoms with Crippen LogP contribution in [0, 0.1) is 5.92 Å². The highest BCUT2D eigenvalue weighted by atomic mass is 35.5. The van der Waals surface area contributed by atoms with Crippen LogP contribution in [-0.2, 0) is 9.53 Å². The van der Waals surface area contributed by atoms with Gasteiger partial charge in [0.1, 0.15) is 12.4 Å². The van der Waals surface area contributed by atoms with E-state index in [1.165, 1.54) is 0 Å². The third-order valence-corrected chi connectivity index (χ3v) is 3.79. The highest BCUT2D eigenvalue weighted by molar-refractivity contribution is 5.93. The lowest BCUT2D eigenvalue weighted by Crippen LogP contribution is -2.30. The highest BCUT2D eigenvalue weighted by Gasteiger charge is 2.22. The molecule has 2 aromatic carbocycles. The molecule has 0 fully saturated rings. The number of hydrogen-bond acceptors (Lipinski definition) is 4. The van der Waals surface area contributed by atoms with E-state index in [1.807, 2.05) is 55.5 Å². The number of methoxy groups -OCH3 is 1. The molecule has 1 amide bonds. The summed E-state index contributed by atoms with van der Waals surface area (Å²) < 4.78 is 10.5. The molecule has 0 saturated heterocycles. The Morgan fingerprint density at radius 3 is 2.52 bits per heavy atom. The standard InChI is InChI=1S/C19H24N2O3.ClH/c1-14(18(20)15-7-4-3-5-8-15)19(22)21-16-9-6-10-17(13-16)24-12-11-23-2;/h3-10,13-14,18H,11-12,20H2,1-2H3,(H,21,22);1H. The first-order valence-corrected chi connectivity index (χ1v) is 7.95. The van der Waals surface area contributed by atoms with Crippen LogP contribution in [0.1, 0.15) is 18.5 Å². The van der Waals surface area contributed by atoms with Gasteiger partial charge in [0.2, 0.25) is 5.91 Å². The minimum atomic E-state index is -0.356. The summed E-state index contributed by atoms with van der Waals surface area (Å²) in [6, 6.07) is 16.5. The van der Waals surface area contributed by atoms with Crippen molar-refractivity contribution in [2.24, 2.45) is 11.7 Å². The maximum Gasteiger partial charge on any atom is 0.229 e. The number of hydrogen-bond donors (Lipinski definition) is 2. The molecule has 3 N–H and O–H groups in total. The van der Waals surface area contributed by atoms with Crippen molar-refractivity contribution in [2.75, 3.05) is 25.6 Å².